The molecule has 37 heavy (non-hydrogen) atoms. The Hall–Kier alpha value is -4.01. The van der Waals surface area contributed by atoms with Crippen molar-refractivity contribution in [2.45, 2.75) is 44.6 Å². The van der Waals surface area contributed by atoms with Gasteiger partial charge in [0, 0.05) is 12.1 Å². The van der Waals surface area contributed by atoms with Gasteiger partial charge in [-0.25, -0.2) is 13.6 Å². The Morgan fingerprint density at radius 2 is 1.65 bits per heavy atom. The van der Waals surface area contributed by atoms with Crippen LogP contribution in [0.25, 0.3) is 11.3 Å². The molecule has 2 N–H and O–H groups in total. The van der Waals surface area contributed by atoms with Crippen molar-refractivity contribution in [3.63, 3.8) is 0 Å². The van der Waals surface area contributed by atoms with Crippen LogP contribution in [0, 0.1) is 0 Å². The topological polar surface area (TPSA) is 94.8 Å². The number of ether oxygens (including phenoxy) is 2. The summed E-state index contributed by atoms with van der Waals surface area (Å²) in [6, 6.07) is 18.8. The summed E-state index contributed by atoms with van der Waals surface area (Å²) in [7, 11) is 0. The number of aromatic nitrogens is 1. The predicted octanol–water partition coefficient (Wildman–Crippen LogP) is 6.00. The fraction of sp³-hybridized carbons (Fsp3) is 0.321. The maximum absolute atomic E-state index is 15.3. The Morgan fingerprint density at radius 3 is 2.24 bits per heavy atom. The second-order valence-corrected chi connectivity index (χ2v) is 9.94. The number of nitrogens with zero attached hydrogens (tertiary/aromatic N) is 2. The van der Waals surface area contributed by atoms with Crippen molar-refractivity contribution in [3.05, 3.63) is 78.0 Å². The number of alkyl halides is 2. The van der Waals surface area contributed by atoms with Crippen molar-refractivity contribution in [2.75, 3.05) is 13.1 Å². The first kappa shape index (κ1) is 26.1. The maximum Gasteiger partial charge on any atom is 0.410 e. The zero-order chi connectivity index (χ0) is 26.8. The molecular weight excluding hydrogens is 480 g/mol. The molecular formula is C28H29F2N3O4. The number of likely N-dealkylation sites (tertiary alicyclic amines) is 1. The first-order valence-corrected chi connectivity index (χ1v) is 11.9. The summed E-state index contributed by atoms with van der Waals surface area (Å²) >= 11 is 0. The average Bonchev–Trinajstić information content (AvgIpc) is 2.83. The molecule has 1 aliphatic rings. The molecule has 1 unspecified atom stereocenters. The molecule has 1 aromatic heterocycles. The number of primary amides is 1. The van der Waals surface area contributed by atoms with Crippen molar-refractivity contribution >= 4 is 12.0 Å². The SMILES string of the molecule is CC(C)(C)OC(=O)N1CCC(c2ccc(C(N)=O)c(-c3ccc(Oc4ccccc4)cc3)n2)C(F)(F)C1. The number of halogens is 2. The largest absolute Gasteiger partial charge is 0.457 e. The van der Waals surface area contributed by atoms with Crippen LogP contribution in [-0.2, 0) is 4.74 Å². The van der Waals surface area contributed by atoms with E-state index in [0.717, 1.165) is 4.90 Å². The Balaban J connectivity index is 1.58. The summed E-state index contributed by atoms with van der Waals surface area (Å²) in [6.07, 6.45) is -0.792. The van der Waals surface area contributed by atoms with Gasteiger partial charge >= 0.3 is 6.09 Å². The van der Waals surface area contributed by atoms with E-state index in [4.69, 9.17) is 15.2 Å². The van der Waals surface area contributed by atoms with Gasteiger partial charge in [0.05, 0.1) is 29.4 Å². The molecule has 2 heterocycles. The van der Waals surface area contributed by atoms with Gasteiger partial charge in [0.15, 0.2) is 0 Å². The van der Waals surface area contributed by atoms with Crippen LogP contribution in [0.2, 0.25) is 0 Å². The van der Waals surface area contributed by atoms with E-state index in [-0.39, 0.29) is 29.9 Å². The lowest BCUT2D eigenvalue weighted by molar-refractivity contribution is -0.0857. The summed E-state index contributed by atoms with van der Waals surface area (Å²) in [6.45, 7) is 4.35. The van der Waals surface area contributed by atoms with Gasteiger partial charge in [0.25, 0.3) is 11.8 Å². The number of para-hydroxylation sites is 1. The van der Waals surface area contributed by atoms with Crippen LogP contribution >= 0.6 is 0 Å². The Morgan fingerprint density at radius 1 is 1.00 bits per heavy atom. The maximum atomic E-state index is 15.3. The molecule has 2 amide bonds. The van der Waals surface area contributed by atoms with Gasteiger partial charge in [-0.15, -0.1) is 0 Å². The van der Waals surface area contributed by atoms with Gasteiger partial charge in [0.2, 0.25) is 0 Å². The van der Waals surface area contributed by atoms with E-state index in [2.05, 4.69) is 4.98 Å². The van der Waals surface area contributed by atoms with Crippen LogP contribution in [0.5, 0.6) is 11.5 Å². The van der Waals surface area contributed by atoms with E-state index in [1.54, 1.807) is 45.0 Å². The first-order valence-electron chi connectivity index (χ1n) is 11.9. The molecule has 3 aromatic rings. The van der Waals surface area contributed by atoms with E-state index >= 15 is 8.78 Å². The summed E-state index contributed by atoms with van der Waals surface area (Å²) < 4.78 is 41.6. The highest BCUT2D eigenvalue weighted by Crippen LogP contribution is 2.41. The fourth-order valence-corrected chi connectivity index (χ4v) is 4.18. The van der Waals surface area contributed by atoms with Crippen LogP contribution in [-0.4, -0.2) is 46.5 Å². The number of pyridine rings is 1. The van der Waals surface area contributed by atoms with Gasteiger partial charge in [-0.2, -0.15) is 0 Å². The molecule has 1 atom stereocenters. The number of carbonyl (C=O) groups excluding carboxylic acids is 2. The van der Waals surface area contributed by atoms with Gasteiger partial charge in [0.1, 0.15) is 17.1 Å². The van der Waals surface area contributed by atoms with Crippen LogP contribution in [0.1, 0.15) is 49.2 Å². The lowest BCUT2D eigenvalue weighted by Gasteiger charge is -2.38. The van der Waals surface area contributed by atoms with Crippen LogP contribution < -0.4 is 10.5 Å². The van der Waals surface area contributed by atoms with Crippen LogP contribution in [0.15, 0.2) is 66.7 Å². The summed E-state index contributed by atoms with van der Waals surface area (Å²) in [5.74, 6) is -3.99. The van der Waals surface area contributed by atoms with Gasteiger partial charge in [-0.1, -0.05) is 18.2 Å². The second-order valence-electron chi connectivity index (χ2n) is 9.94. The standard InChI is InChI=1S/C28H29F2N3O4/c1-27(2,3)37-26(35)33-16-15-22(28(29,30)17-33)23-14-13-21(25(31)34)24(32-23)18-9-11-20(12-10-18)36-19-7-5-4-6-8-19/h4-14,22H,15-17H2,1-3H3,(H2,31,34). The number of benzene rings is 2. The molecule has 0 spiro atoms. The van der Waals surface area contributed by atoms with E-state index in [0.29, 0.717) is 17.1 Å². The first-order chi connectivity index (χ1) is 17.4. The van der Waals surface area contributed by atoms with Crippen molar-refractivity contribution in [1.82, 2.24) is 9.88 Å². The molecule has 0 radical (unpaired) electrons. The van der Waals surface area contributed by atoms with Crippen LogP contribution in [0.4, 0.5) is 13.6 Å². The zero-order valence-corrected chi connectivity index (χ0v) is 20.9. The minimum absolute atomic E-state index is 0.0154. The minimum Gasteiger partial charge on any atom is -0.457 e. The van der Waals surface area contributed by atoms with E-state index in [9.17, 15) is 9.59 Å². The van der Waals surface area contributed by atoms with Gasteiger partial charge in [-0.3, -0.25) is 9.78 Å². The molecule has 9 heteroatoms. The smallest absolute Gasteiger partial charge is 0.410 e. The van der Waals surface area contributed by atoms with E-state index in [1.165, 1.54) is 12.1 Å². The third-order valence-electron chi connectivity index (χ3n) is 5.90. The molecule has 1 aliphatic heterocycles. The molecule has 0 aliphatic carbocycles. The highest BCUT2D eigenvalue weighted by molar-refractivity contribution is 5.98. The summed E-state index contributed by atoms with van der Waals surface area (Å²) in [4.78, 5) is 29.9. The Kier molecular flexibility index (Phi) is 7.16. The van der Waals surface area contributed by atoms with Crippen molar-refractivity contribution in [3.8, 4) is 22.8 Å². The van der Waals surface area contributed by atoms with Crippen molar-refractivity contribution in [2.24, 2.45) is 5.73 Å². The highest BCUT2D eigenvalue weighted by atomic mass is 19.3. The quantitative estimate of drug-likeness (QED) is 0.455. The number of carbonyl (C=O) groups is 2. The molecule has 2 aromatic carbocycles. The van der Waals surface area contributed by atoms with Gasteiger partial charge < -0.3 is 20.1 Å². The number of nitrogens with two attached hydrogens (primary N) is 1. The number of piperidine rings is 1. The highest BCUT2D eigenvalue weighted by Gasteiger charge is 2.48. The monoisotopic (exact) mass is 509 g/mol. The van der Waals surface area contributed by atoms with Crippen LogP contribution in [0.3, 0.4) is 0 Å². The Bertz CT molecular complexity index is 1270. The number of amides is 2. The molecule has 0 bridgehead atoms. The van der Waals surface area contributed by atoms with E-state index < -0.39 is 36.0 Å². The second kappa shape index (κ2) is 10.2. The predicted molar refractivity (Wildman–Crippen MR) is 135 cm³/mol. The third kappa shape index (κ3) is 6.22. The lowest BCUT2D eigenvalue weighted by atomic mass is 9.88. The number of hydrogen-bond donors (Lipinski definition) is 1. The van der Waals surface area contributed by atoms with Crippen molar-refractivity contribution < 1.29 is 27.8 Å². The van der Waals surface area contributed by atoms with Crippen molar-refractivity contribution in [1.29, 1.82) is 0 Å². The number of rotatable bonds is 5. The molecule has 4 rings (SSSR count). The minimum atomic E-state index is -3.25. The summed E-state index contributed by atoms with van der Waals surface area (Å²) in [5, 5.41) is 0. The molecule has 0 saturated carbocycles. The lowest BCUT2D eigenvalue weighted by Crippen LogP contribution is -2.51. The summed E-state index contributed by atoms with van der Waals surface area (Å²) in [5.41, 5.74) is 5.76. The zero-order valence-electron chi connectivity index (χ0n) is 20.9. The molecule has 1 saturated heterocycles. The fourth-order valence-electron chi connectivity index (χ4n) is 4.18. The average molecular weight is 510 g/mol. The van der Waals surface area contributed by atoms with Gasteiger partial charge in [-0.05, 0) is 75.7 Å². The molecule has 194 valence electrons. The number of hydrogen-bond acceptors (Lipinski definition) is 5. The normalized spacial score (nSPS) is 17.2. The molecule has 7 nitrogen and oxygen atoms in total. The molecule has 1 fully saturated rings. The Labute approximate surface area is 214 Å². The third-order valence-corrected chi connectivity index (χ3v) is 5.90. The van der Waals surface area contributed by atoms with E-state index in [1.807, 2.05) is 30.3 Å².